The van der Waals surface area contributed by atoms with Gasteiger partial charge in [0.1, 0.15) is 5.75 Å². The van der Waals surface area contributed by atoms with E-state index in [-0.39, 0.29) is 16.9 Å². The summed E-state index contributed by atoms with van der Waals surface area (Å²) in [6, 6.07) is 7.29. The van der Waals surface area contributed by atoms with Crippen molar-refractivity contribution < 1.29 is 4.74 Å². The largest absolute Gasteiger partial charge is 0.491 e. The first-order valence-corrected chi connectivity index (χ1v) is 6.61. The molecule has 1 aromatic heterocycles. The summed E-state index contributed by atoms with van der Waals surface area (Å²) in [6.45, 7) is 10.2. The van der Waals surface area contributed by atoms with Crippen LogP contribution in [0, 0.1) is 0 Å². The van der Waals surface area contributed by atoms with Gasteiger partial charge in [-0.25, -0.2) is 0 Å². The lowest BCUT2D eigenvalue weighted by Crippen LogP contribution is -2.17. The molecule has 3 heteroatoms. The molecule has 2 rings (SSSR count). The molecule has 0 amide bonds. The molecule has 0 unspecified atom stereocenters. The van der Waals surface area contributed by atoms with Crippen LogP contribution in [0.4, 0.5) is 0 Å². The number of hydrogen-bond donors (Lipinski definition) is 1. The molecule has 0 aliphatic rings. The number of pyridine rings is 1. The topological polar surface area (TPSA) is 42.1 Å². The van der Waals surface area contributed by atoms with E-state index in [0.29, 0.717) is 5.39 Å². The van der Waals surface area contributed by atoms with Gasteiger partial charge in [0.15, 0.2) is 5.43 Å². The molecular weight excluding hydrogens is 238 g/mol. The van der Waals surface area contributed by atoms with Crippen LogP contribution in [0.3, 0.4) is 0 Å². The minimum Gasteiger partial charge on any atom is -0.491 e. The predicted molar refractivity (Wildman–Crippen MR) is 79.0 cm³/mol. The van der Waals surface area contributed by atoms with E-state index >= 15 is 0 Å². The van der Waals surface area contributed by atoms with Crippen LogP contribution in [0.15, 0.2) is 29.1 Å². The van der Waals surface area contributed by atoms with Gasteiger partial charge in [0.2, 0.25) is 0 Å². The average molecular weight is 259 g/mol. The second-order valence-electron chi connectivity index (χ2n) is 6.17. The van der Waals surface area contributed by atoms with E-state index in [1.54, 1.807) is 12.1 Å². The molecule has 2 aromatic rings. The number of H-pyrrole nitrogens is 1. The van der Waals surface area contributed by atoms with Crippen molar-refractivity contribution in [3.63, 3.8) is 0 Å². The third-order valence-corrected chi connectivity index (χ3v) is 2.98. The lowest BCUT2D eigenvalue weighted by molar-refractivity contribution is 0.243. The lowest BCUT2D eigenvalue weighted by Gasteiger charge is -2.19. The number of benzene rings is 1. The number of nitrogens with one attached hydrogen (secondary N) is 1. The molecule has 19 heavy (non-hydrogen) atoms. The summed E-state index contributed by atoms with van der Waals surface area (Å²) in [5, 5.41) is 0.672. The zero-order chi connectivity index (χ0) is 14.2. The summed E-state index contributed by atoms with van der Waals surface area (Å²) >= 11 is 0. The van der Waals surface area contributed by atoms with Crippen LogP contribution in [0.2, 0.25) is 0 Å². The molecule has 0 saturated carbocycles. The third-order valence-electron chi connectivity index (χ3n) is 2.98. The monoisotopic (exact) mass is 259 g/mol. The van der Waals surface area contributed by atoms with Crippen LogP contribution >= 0.6 is 0 Å². The number of ether oxygens (including phenoxy) is 1. The molecule has 1 heterocycles. The van der Waals surface area contributed by atoms with E-state index in [1.807, 2.05) is 26.0 Å². The fourth-order valence-corrected chi connectivity index (χ4v) is 1.98. The van der Waals surface area contributed by atoms with Crippen LogP contribution in [0.1, 0.15) is 40.3 Å². The van der Waals surface area contributed by atoms with Crippen LogP contribution in [-0.2, 0) is 5.41 Å². The van der Waals surface area contributed by atoms with Crippen molar-refractivity contribution in [3.05, 3.63) is 40.2 Å². The molecule has 1 N–H and O–H groups in total. The van der Waals surface area contributed by atoms with Gasteiger partial charge in [-0.2, -0.15) is 0 Å². The highest BCUT2D eigenvalue weighted by Crippen LogP contribution is 2.23. The summed E-state index contributed by atoms with van der Waals surface area (Å²) in [6.07, 6.45) is 0.102. The van der Waals surface area contributed by atoms with Crippen molar-refractivity contribution in [2.75, 3.05) is 0 Å². The molecule has 0 spiro atoms. The maximum Gasteiger partial charge on any atom is 0.189 e. The highest BCUT2D eigenvalue weighted by Gasteiger charge is 2.16. The van der Waals surface area contributed by atoms with Crippen molar-refractivity contribution in [1.29, 1.82) is 0 Å². The maximum atomic E-state index is 12.2. The Balaban J connectivity index is 2.57. The first kappa shape index (κ1) is 13.7. The van der Waals surface area contributed by atoms with E-state index < -0.39 is 0 Å². The van der Waals surface area contributed by atoms with E-state index in [2.05, 4.69) is 25.8 Å². The van der Waals surface area contributed by atoms with E-state index in [1.165, 1.54) is 0 Å². The summed E-state index contributed by atoms with van der Waals surface area (Å²) < 4.78 is 5.62. The fraction of sp³-hybridized carbons (Fsp3) is 0.438. The lowest BCUT2D eigenvalue weighted by atomic mass is 9.91. The zero-order valence-corrected chi connectivity index (χ0v) is 12.2. The van der Waals surface area contributed by atoms with Gasteiger partial charge < -0.3 is 9.72 Å². The number of aromatic amines is 1. The SMILES string of the molecule is CC(C)Oc1ccc2[nH]c(C(C)(C)C)cc(=O)c2c1. The molecule has 102 valence electrons. The Morgan fingerprint density at radius 3 is 2.42 bits per heavy atom. The number of hydrogen-bond acceptors (Lipinski definition) is 2. The second-order valence-corrected chi connectivity index (χ2v) is 6.17. The molecular formula is C16H21NO2. The summed E-state index contributed by atoms with van der Waals surface area (Å²) in [7, 11) is 0. The van der Waals surface area contributed by atoms with E-state index in [9.17, 15) is 4.79 Å². The number of fused-ring (bicyclic) bond motifs is 1. The second kappa shape index (κ2) is 4.72. The van der Waals surface area contributed by atoms with Crippen molar-refractivity contribution >= 4 is 10.9 Å². The van der Waals surface area contributed by atoms with Gasteiger partial charge in [-0.05, 0) is 32.0 Å². The number of rotatable bonds is 2. The van der Waals surface area contributed by atoms with Crippen LogP contribution in [-0.4, -0.2) is 11.1 Å². The predicted octanol–water partition coefficient (Wildman–Crippen LogP) is 3.61. The van der Waals surface area contributed by atoms with E-state index in [0.717, 1.165) is 17.0 Å². The van der Waals surface area contributed by atoms with Crippen molar-refractivity contribution in [2.45, 2.75) is 46.1 Å². The Kier molecular flexibility index (Phi) is 3.40. The Morgan fingerprint density at radius 2 is 1.84 bits per heavy atom. The van der Waals surface area contributed by atoms with Crippen molar-refractivity contribution in [2.24, 2.45) is 0 Å². The van der Waals surface area contributed by atoms with Gasteiger partial charge in [-0.3, -0.25) is 4.79 Å². The van der Waals surface area contributed by atoms with Crippen LogP contribution < -0.4 is 10.2 Å². The smallest absolute Gasteiger partial charge is 0.189 e. The molecule has 0 aliphatic carbocycles. The third kappa shape index (κ3) is 2.98. The summed E-state index contributed by atoms with van der Waals surface area (Å²) in [5.41, 5.74) is 1.77. The summed E-state index contributed by atoms with van der Waals surface area (Å²) in [4.78, 5) is 15.5. The van der Waals surface area contributed by atoms with Crippen LogP contribution in [0.5, 0.6) is 5.75 Å². The van der Waals surface area contributed by atoms with Gasteiger partial charge in [-0.1, -0.05) is 20.8 Å². The minimum absolute atomic E-state index is 0.0351. The molecule has 0 atom stereocenters. The maximum absolute atomic E-state index is 12.2. The average Bonchev–Trinajstić information content (AvgIpc) is 2.27. The molecule has 0 aliphatic heterocycles. The van der Waals surface area contributed by atoms with Gasteiger partial charge in [0.05, 0.1) is 6.10 Å². The minimum atomic E-state index is -0.0690. The molecule has 0 bridgehead atoms. The standard InChI is InChI=1S/C16H21NO2/c1-10(2)19-11-6-7-13-12(8-11)14(18)9-15(17-13)16(3,4)5/h6-10H,1-5H3,(H,17,18). The molecule has 0 fully saturated rings. The Bertz CT molecular complexity index is 648. The molecule has 0 radical (unpaired) electrons. The van der Waals surface area contributed by atoms with Gasteiger partial charge in [0.25, 0.3) is 0 Å². The Labute approximate surface area is 113 Å². The van der Waals surface area contributed by atoms with Crippen molar-refractivity contribution in [1.82, 2.24) is 4.98 Å². The van der Waals surface area contributed by atoms with Crippen LogP contribution in [0.25, 0.3) is 10.9 Å². The Hall–Kier alpha value is -1.77. The van der Waals surface area contributed by atoms with Crippen molar-refractivity contribution in [3.8, 4) is 5.75 Å². The normalized spacial score (nSPS) is 12.1. The quantitative estimate of drug-likeness (QED) is 0.895. The van der Waals surface area contributed by atoms with E-state index in [4.69, 9.17) is 4.74 Å². The van der Waals surface area contributed by atoms with Gasteiger partial charge >= 0.3 is 0 Å². The molecule has 1 aromatic carbocycles. The number of aromatic nitrogens is 1. The van der Waals surface area contributed by atoms with Gasteiger partial charge in [-0.15, -0.1) is 0 Å². The Morgan fingerprint density at radius 1 is 1.16 bits per heavy atom. The summed E-state index contributed by atoms with van der Waals surface area (Å²) in [5.74, 6) is 0.733. The van der Waals surface area contributed by atoms with Gasteiger partial charge in [0, 0.05) is 28.1 Å². The first-order valence-electron chi connectivity index (χ1n) is 6.61. The first-order chi connectivity index (χ1) is 8.77. The zero-order valence-electron chi connectivity index (χ0n) is 12.2. The highest BCUT2D eigenvalue weighted by molar-refractivity contribution is 5.80. The molecule has 3 nitrogen and oxygen atoms in total. The fourth-order valence-electron chi connectivity index (χ4n) is 1.98. The molecule has 0 saturated heterocycles. The highest BCUT2D eigenvalue weighted by atomic mass is 16.5.